The van der Waals surface area contributed by atoms with Crippen LogP contribution in [0.3, 0.4) is 0 Å². The van der Waals surface area contributed by atoms with Crippen molar-refractivity contribution in [3.05, 3.63) is 29.6 Å². The summed E-state index contributed by atoms with van der Waals surface area (Å²) in [4.78, 5) is 15.9. The Hall–Kier alpha value is -1.89. The highest BCUT2D eigenvalue weighted by molar-refractivity contribution is 5.92. The molecule has 2 aliphatic carbocycles. The Kier molecular flexibility index (Phi) is 2.55. The molecule has 1 N–H and O–H groups in total. The zero-order valence-corrected chi connectivity index (χ0v) is 10.1. The van der Waals surface area contributed by atoms with Crippen molar-refractivity contribution in [2.45, 2.75) is 25.7 Å². The summed E-state index contributed by atoms with van der Waals surface area (Å²) >= 11 is 0. The van der Waals surface area contributed by atoms with Crippen molar-refractivity contribution >= 4 is 5.91 Å². The van der Waals surface area contributed by atoms with Gasteiger partial charge in [0.1, 0.15) is 11.8 Å². The molecule has 0 spiro atoms. The molecule has 0 bridgehead atoms. The number of rotatable bonds is 4. The van der Waals surface area contributed by atoms with Gasteiger partial charge in [0.05, 0.1) is 5.56 Å². The maximum atomic E-state index is 11.9. The van der Waals surface area contributed by atoms with E-state index in [4.69, 9.17) is 5.26 Å². The van der Waals surface area contributed by atoms with Crippen LogP contribution < -0.4 is 5.32 Å². The molecule has 0 radical (unpaired) electrons. The third-order valence-electron chi connectivity index (χ3n) is 4.06. The van der Waals surface area contributed by atoms with Gasteiger partial charge in [-0.2, -0.15) is 5.26 Å². The van der Waals surface area contributed by atoms with E-state index >= 15 is 0 Å². The summed E-state index contributed by atoms with van der Waals surface area (Å²) in [6, 6.07) is 5.21. The lowest BCUT2D eigenvalue weighted by Crippen LogP contribution is -2.31. The highest BCUT2D eigenvalue weighted by Crippen LogP contribution is 2.60. The molecule has 3 rings (SSSR count). The number of amides is 1. The van der Waals surface area contributed by atoms with Gasteiger partial charge >= 0.3 is 0 Å². The first-order valence-electron chi connectivity index (χ1n) is 6.38. The number of aromatic nitrogens is 1. The second-order valence-corrected chi connectivity index (χ2v) is 5.36. The number of carbonyl (C=O) groups excluding carboxylic acids is 1. The lowest BCUT2D eigenvalue weighted by molar-refractivity contribution is 0.0937. The van der Waals surface area contributed by atoms with E-state index in [-0.39, 0.29) is 5.91 Å². The summed E-state index contributed by atoms with van der Waals surface area (Å²) < 4.78 is 0. The van der Waals surface area contributed by atoms with E-state index in [0.717, 1.165) is 12.5 Å². The van der Waals surface area contributed by atoms with Crippen LogP contribution >= 0.6 is 0 Å². The Bertz CT molecular complexity index is 507. The quantitative estimate of drug-likeness (QED) is 0.875. The van der Waals surface area contributed by atoms with Crippen LogP contribution in [0.1, 0.15) is 41.7 Å². The number of hydrogen-bond donors (Lipinski definition) is 1. The number of nitrogens with zero attached hydrogens (tertiary/aromatic N) is 2. The van der Waals surface area contributed by atoms with Crippen molar-refractivity contribution in [1.82, 2.24) is 10.3 Å². The molecule has 1 aromatic heterocycles. The smallest absolute Gasteiger partial charge is 0.269 e. The second-order valence-electron chi connectivity index (χ2n) is 5.36. The fourth-order valence-corrected chi connectivity index (χ4v) is 2.53. The average molecular weight is 241 g/mol. The fourth-order valence-electron chi connectivity index (χ4n) is 2.53. The van der Waals surface area contributed by atoms with Gasteiger partial charge in [0, 0.05) is 12.7 Å². The van der Waals surface area contributed by atoms with Gasteiger partial charge in [0.25, 0.3) is 5.91 Å². The number of carbonyl (C=O) groups is 1. The first kappa shape index (κ1) is 11.2. The van der Waals surface area contributed by atoms with E-state index in [1.807, 2.05) is 6.07 Å². The van der Waals surface area contributed by atoms with Crippen LogP contribution in [0.15, 0.2) is 18.3 Å². The van der Waals surface area contributed by atoms with Crippen LogP contribution in [0, 0.1) is 22.7 Å². The normalized spacial score (nSPS) is 19.9. The van der Waals surface area contributed by atoms with E-state index < -0.39 is 0 Å². The fraction of sp³-hybridized carbons (Fsp3) is 0.500. The summed E-state index contributed by atoms with van der Waals surface area (Å²) in [6.45, 7) is 0.776. The predicted octanol–water partition coefficient (Wildman–Crippen LogP) is 1.87. The topological polar surface area (TPSA) is 65.8 Å². The van der Waals surface area contributed by atoms with Gasteiger partial charge in [0.2, 0.25) is 0 Å². The molecule has 2 aliphatic rings. The molecule has 0 unspecified atom stereocenters. The number of nitriles is 1. The summed E-state index contributed by atoms with van der Waals surface area (Å²) in [5, 5.41) is 11.6. The minimum atomic E-state index is -0.133. The molecule has 4 heteroatoms. The molecule has 0 saturated heterocycles. The number of pyridine rings is 1. The van der Waals surface area contributed by atoms with Crippen molar-refractivity contribution in [2.75, 3.05) is 6.54 Å². The van der Waals surface area contributed by atoms with Crippen LogP contribution in [0.25, 0.3) is 0 Å². The molecule has 1 aromatic rings. The molecule has 4 nitrogen and oxygen atoms in total. The Morgan fingerprint density at radius 1 is 1.50 bits per heavy atom. The third-order valence-corrected chi connectivity index (χ3v) is 4.06. The average Bonchev–Trinajstić information content (AvgIpc) is 3.28. The lowest BCUT2D eigenvalue weighted by atomic mass is 10.0. The van der Waals surface area contributed by atoms with Crippen LogP contribution in [0.4, 0.5) is 0 Å². The molecular weight excluding hydrogens is 226 g/mol. The maximum Gasteiger partial charge on any atom is 0.269 e. The van der Waals surface area contributed by atoms with Crippen molar-refractivity contribution < 1.29 is 4.79 Å². The number of hydrogen-bond acceptors (Lipinski definition) is 3. The Balaban J connectivity index is 1.59. The van der Waals surface area contributed by atoms with Gasteiger partial charge in [-0.15, -0.1) is 0 Å². The van der Waals surface area contributed by atoms with E-state index in [2.05, 4.69) is 10.3 Å². The van der Waals surface area contributed by atoms with Gasteiger partial charge in [-0.25, -0.2) is 4.98 Å². The molecule has 2 saturated carbocycles. The highest BCUT2D eigenvalue weighted by atomic mass is 16.1. The van der Waals surface area contributed by atoms with E-state index in [1.165, 1.54) is 31.9 Å². The molecule has 1 heterocycles. The third kappa shape index (κ3) is 2.08. The van der Waals surface area contributed by atoms with Gasteiger partial charge in [-0.05, 0) is 49.1 Å². The molecule has 1 amide bonds. The van der Waals surface area contributed by atoms with Crippen LogP contribution in [0.2, 0.25) is 0 Å². The Labute approximate surface area is 106 Å². The monoisotopic (exact) mass is 241 g/mol. The van der Waals surface area contributed by atoms with Crippen molar-refractivity contribution in [3.63, 3.8) is 0 Å². The lowest BCUT2D eigenvalue weighted by Gasteiger charge is -2.14. The first-order chi connectivity index (χ1) is 8.73. The summed E-state index contributed by atoms with van der Waals surface area (Å²) in [5.41, 5.74) is 1.27. The van der Waals surface area contributed by atoms with Crippen molar-refractivity contribution in [2.24, 2.45) is 11.3 Å². The minimum absolute atomic E-state index is 0.133. The Morgan fingerprint density at radius 3 is 2.78 bits per heavy atom. The summed E-state index contributed by atoms with van der Waals surface area (Å²) in [5.74, 6) is 0.707. The Morgan fingerprint density at radius 2 is 2.28 bits per heavy atom. The maximum absolute atomic E-state index is 11.9. The minimum Gasteiger partial charge on any atom is -0.350 e. The van der Waals surface area contributed by atoms with Crippen molar-refractivity contribution in [3.8, 4) is 6.07 Å². The predicted molar refractivity (Wildman–Crippen MR) is 65.7 cm³/mol. The highest BCUT2D eigenvalue weighted by Gasteiger charge is 2.53. The van der Waals surface area contributed by atoms with E-state index in [0.29, 0.717) is 16.7 Å². The molecule has 0 aromatic carbocycles. The zero-order chi connectivity index (χ0) is 12.6. The molecule has 18 heavy (non-hydrogen) atoms. The second kappa shape index (κ2) is 4.09. The summed E-state index contributed by atoms with van der Waals surface area (Å²) in [6.07, 6.45) is 6.58. The molecule has 0 atom stereocenters. The first-order valence-corrected chi connectivity index (χ1v) is 6.38. The number of nitrogens with one attached hydrogen (secondary N) is 1. The molecular formula is C14H15N3O. The van der Waals surface area contributed by atoms with E-state index in [1.54, 1.807) is 12.1 Å². The van der Waals surface area contributed by atoms with Gasteiger partial charge in [-0.3, -0.25) is 4.79 Å². The van der Waals surface area contributed by atoms with Crippen LogP contribution in [-0.2, 0) is 0 Å². The SMILES string of the molecule is N#Cc1ccc(C(=O)NCC2(C3CC3)CC2)nc1. The largest absolute Gasteiger partial charge is 0.350 e. The van der Waals surface area contributed by atoms with Crippen molar-refractivity contribution in [1.29, 1.82) is 5.26 Å². The summed E-state index contributed by atoms with van der Waals surface area (Å²) in [7, 11) is 0. The zero-order valence-electron chi connectivity index (χ0n) is 10.1. The molecule has 92 valence electrons. The van der Waals surface area contributed by atoms with E-state index in [9.17, 15) is 4.79 Å². The standard InChI is InChI=1S/C14H15N3O/c15-7-10-1-4-12(16-8-10)13(18)17-9-14(5-6-14)11-2-3-11/h1,4,8,11H,2-3,5-6,9H2,(H,17,18). The van der Waals surface area contributed by atoms with Crippen LogP contribution in [0.5, 0.6) is 0 Å². The van der Waals surface area contributed by atoms with Gasteiger partial charge in [0.15, 0.2) is 0 Å². The van der Waals surface area contributed by atoms with Crippen LogP contribution in [-0.4, -0.2) is 17.4 Å². The van der Waals surface area contributed by atoms with Gasteiger partial charge in [-0.1, -0.05) is 0 Å². The molecule has 0 aliphatic heterocycles. The molecule has 2 fully saturated rings. The van der Waals surface area contributed by atoms with Gasteiger partial charge < -0.3 is 5.32 Å².